The van der Waals surface area contributed by atoms with E-state index >= 15 is 0 Å². The molecule has 2 aromatic heterocycles. The Kier molecular flexibility index (Phi) is 4.12. The lowest BCUT2D eigenvalue weighted by Crippen LogP contribution is -2.25. The monoisotopic (exact) mass is 348 g/mol. The molecule has 1 fully saturated rings. The van der Waals surface area contributed by atoms with Gasteiger partial charge in [-0.1, -0.05) is 0 Å². The van der Waals surface area contributed by atoms with Gasteiger partial charge in [0.1, 0.15) is 18.7 Å². The summed E-state index contributed by atoms with van der Waals surface area (Å²) in [5, 5.41) is 19.6. The number of hydrogen-bond acceptors (Lipinski definition) is 8. The SMILES string of the molecule is Oc1ncnc2c1ncn2[C@H]1C[C@H](O)[C@@H](COP(O)(O)=S)O1. The first kappa shape index (κ1) is 15.7. The van der Waals surface area contributed by atoms with Crippen LogP contribution in [0.2, 0.25) is 0 Å². The van der Waals surface area contributed by atoms with E-state index < -0.39 is 25.2 Å². The zero-order chi connectivity index (χ0) is 15.9. The number of rotatable bonds is 4. The van der Waals surface area contributed by atoms with Gasteiger partial charge in [0.15, 0.2) is 11.2 Å². The fourth-order valence-corrected chi connectivity index (χ4v) is 2.78. The van der Waals surface area contributed by atoms with Crippen LogP contribution in [-0.2, 0) is 21.1 Å². The molecule has 2 aromatic rings. The molecule has 1 saturated heterocycles. The van der Waals surface area contributed by atoms with Gasteiger partial charge in [-0.25, -0.2) is 9.97 Å². The summed E-state index contributed by atoms with van der Waals surface area (Å²) in [6.07, 6.45) is 0.610. The van der Waals surface area contributed by atoms with Crippen molar-refractivity contribution in [2.75, 3.05) is 6.61 Å². The molecule has 0 amide bonds. The van der Waals surface area contributed by atoms with Crippen molar-refractivity contribution in [3.05, 3.63) is 12.7 Å². The second kappa shape index (κ2) is 5.78. The molecule has 3 heterocycles. The van der Waals surface area contributed by atoms with Crippen molar-refractivity contribution in [2.24, 2.45) is 0 Å². The Hall–Kier alpha value is -1.20. The third-order valence-electron chi connectivity index (χ3n) is 3.26. The minimum absolute atomic E-state index is 0.224. The molecule has 0 radical (unpaired) electrons. The fourth-order valence-electron chi connectivity index (χ4n) is 2.26. The first-order chi connectivity index (χ1) is 10.3. The molecule has 1 aliphatic heterocycles. The average Bonchev–Trinajstić information content (AvgIpc) is 3.00. The van der Waals surface area contributed by atoms with Gasteiger partial charge in [0.2, 0.25) is 5.88 Å². The Bertz CT molecular complexity index is 735. The minimum atomic E-state index is -3.80. The number of aromatic nitrogens is 4. The first-order valence-corrected chi connectivity index (χ1v) is 8.88. The summed E-state index contributed by atoms with van der Waals surface area (Å²) in [7, 11) is 0. The van der Waals surface area contributed by atoms with Crippen LogP contribution in [0.15, 0.2) is 12.7 Å². The van der Waals surface area contributed by atoms with Gasteiger partial charge < -0.3 is 29.3 Å². The number of hydrogen-bond donors (Lipinski definition) is 4. The Balaban J connectivity index is 1.78. The summed E-state index contributed by atoms with van der Waals surface area (Å²) >= 11 is 4.35. The molecule has 3 rings (SSSR count). The van der Waals surface area contributed by atoms with Crippen LogP contribution in [0, 0.1) is 0 Å². The van der Waals surface area contributed by atoms with Crippen LogP contribution < -0.4 is 0 Å². The maximum atomic E-state index is 9.98. The van der Waals surface area contributed by atoms with Crippen LogP contribution >= 0.6 is 6.72 Å². The van der Waals surface area contributed by atoms with Gasteiger partial charge in [-0.3, -0.25) is 4.57 Å². The van der Waals surface area contributed by atoms with Crippen LogP contribution in [0.5, 0.6) is 5.88 Å². The molecule has 120 valence electrons. The van der Waals surface area contributed by atoms with E-state index in [0.29, 0.717) is 5.65 Å². The molecule has 10 nitrogen and oxygen atoms in total. The summed E-state index contributed by atoms with van der Waals surface area (Å²) in [5.74, 6) is -0.247. The number of ether oxygens (including phenoxy) is 1. The Morgan fingerprint density at radius 3 is 2.91 bits per heavy atom. The van der Waals surface area contributed by atoms with Crippen LogP contribution in [0.3, 0.4) is 0 Å². The number of fused-ring (bicyclic) bond motifs is 1. The van der Waals surface area contributed by atoms with E-state index in [2.05, 4.69) is 26.8 Å². The van der Waals surface area contributed by atoms with E-state index in [1.165, 1.54) is 12.7 Å². The van der Waals surface area contributed by atoms with E-state index in [4.69, 9.17) is 19.0 Å². The number of aliphatic hydroxyl groups is 1. The maximum absolute atomic E-state index is 9.98. The predicted octanol–water partition coefficient (Wildman–Crippen LogP) is -0.594. The molecule has 0 unspecified atom stereocenters. The summed E-state index contributed by atoms with van der Waals surface area (Å²) in [6.45, 7) is -4.04. The maximum Gasteiger partial charge on any atom is 0.321 e. The van der Waals surface area contributed by atoms with Crippen molar-refractivity contribution in [1.29, 1.82) is 0 Å². The predicted molar refractivity (Wildman–Crippen MR) is 76.2 cm³/mol. The van der Waals surface area contributed by atoms with E-state index in [1.54, 1.807) is 4.57 Å². The Morgan fingerprint density at radius 2 is 2.18 bits per heavy atom. The molecule has 0 spiro atoms. The highest BCUT2D eigenvalue weighted by atomic mass is 32.5. The van der Waals surface area contributed by atoms with Gasteiger partial charge in [-0.05, 0) is 11.8 Å². The van der Waals surface area contributed by atoms with E-state index in [1.807, 2.05) is 0 Å². The van der Waals surface area contributed by atoms with Crippen molar-refractivity contribution in [1.82, 2.24) is 19.5 Å². The van der Waals surface area contributed by atoms with Crippen molar-refractivity contribution in [3.8, 4) is 5.88 Å². The van der Waals surface area contributed by atoms with Crippen molar-refractivity contribution >= 4 is 29.7 Å². The van der Waals surface area contributed by atoms with E-state index in [-0.39, 0.29) is 24.4 Å². The van der Waals surface area contributed by atoms with E-state index in [0.717, 1.165) is 0 Å². The lowest BCUT2D eigenvalue weighted by molar-refractivity contribution is -0.0399. The lowest BCUT2D eigenvalue weighted by Gasteiger charge is -2.17. The minimum Gasteiger partial charge on any atom is -0.492 e. The van der Waals surface area contributed by atoms with Crippen molar-refractivity contribution < 1.29 is 29.3 Å². The molecule has 3 atom stereocenters. The third-order valence-corrected chi connectivity index (χ3v) is 4.06. The van der Waals surface area contributed by atoms with Crippen molar-refractivity contribution in [2.45, 2.75) is 24.9 Å². The van der Waals surface area contributed by atoms with Crippen LogP contribution in [0.1, 0.15) is 12.6 Å². The van der Waals surface area contributed by atoms with Gasteiger partial charge in [0.25, 0.3) is 0 Å². The van der Waals surface area contributed by atoms with Gasteiger partial charge in [0.05, 0.1) is 19.0 Å². The summed E-state index contributed by atoms with van der Waals surface area (Å²) in [4.78, 5) is 29.8. The number of imidazole rings is 1. The highest BCUT2D eigenvalue weighted by Crippen LogP contribution is 2.39. The van der Waals surface area contributed by atoms with Gasteiger partial charge >= 0.3 is 6.72 Å². The van der Waals surface area contributed by atoms with Crippen molar-refractivity contribution in [3.63, 3.8) is 0 Å². The van der Waals surface area contributed by atoms with Crippen LogP contribution in [-0.4, -0.2) is 58.3 Å². The molecule has 12 heteroatoms. The average molecular weight is 348 g/mol. The molecule has 0 aromatic carbocycles. The topological polar surface area (TPSA) is 143 Å². The zero-order valence-corrected chi connectivity index (χ0v) is 12.8. The number of nitrogens with zero attached hydrogens (tertiary/aromatic N) is 4. The van der Waals surface area contributed by atoms with E-state index in [9.17, 15) is 10.2 Å². The molecule has 0 bridgehead atoms. The second-order valence-corrected chi connectivity index (χ2v) is 7.41. The molecular weight excluding hydrogens is 335 g/mol. The van der Waals surface area contributed by atoms with Gasteiger partial charge in [-0.15, -0.1) is 0 Å². The second-order valence-electron chi connectivity index (χ2n) is 4.74. The molecule has 1 aliphatic rings. The zero-order valence-electron chi connectivity index (χ0n) is 11.1. The summed E-state index contributed by atoms with van der Waals surface area (Å²) in [6, 6.07) is 0. The molecule has 4 N–H and O–H groups in total. The van der Waals surface area contributed by atoms with Crippen LogP contribution in [0.25, 0.3) is 11.2 Å². The molecule has 0 aliphatic carbocycles. The lowest BCUT2D eigenvalue weighted by atomic mass is 10.2. The van der Waals surface area contributed by atoms with Gasteiger partial charge in [-0.2, -0.15) is 4.98 Å². The highest BCUT2D eigenvalue weighted by molar-refractivity contribution is 8.06. The summed E-state index contributed by atoms with van der Waals surface area (Å²) < 4.78 is 11.9. The third kappa shape index (κ3) is 3.10. The molecular formula is C10H13N4O6PS. The first-order valence-electron chi connectivity index (χ1n) is 6.25. The standard InChI is InChI=1S/C10H13N4O6PS/c15-5-1-7(20-6(5)2-19-21(17,18)22)14-4-13-8-9(14)11-3-12-10(8)16/h3-7,15H,1-2H2,(H,11,12,16)(H2,17,18,22)/t5-,6+,7+/m0/s1. The Labute approximate surface area is 129 Å². The number of aliphatic hydroxyl groups excluding tert-OH is 1. The van der Waals surface area contributed by atoms with Crippen LogP contribution in [0.4, 0.5) is 0 Å². The fraction of sp³-hybridized carbons (Fsp3) is 0.500. The molecule has 22 heavy (non-hydrogen) atoms. The highest BCUT2D eigenvalue weighted by Gasteiger charge is 2.36. The summed E-state index contributed by atoms with van der Waals surface area (Å²) in [5.41, 5.74) is 0.585. The quantitative estimate of drug-likeness (QED) is 0.529. The smallest absolute Gasteiger partial charge is 0.321 e. The number of aromatic hydroxyl groups is 1. The Morgan fingerprint density at radius 1 is 1.41 bits per heavy atom. The normalized spacial score (nSPS) is 25.9. The van der Waals surface area contributed by atoms with Gasteiger partial charge in [0, 0.05) is 6.42 Å². The largest absolute Gasteiger partial charge is 0.492 e. The molecule has 0 saturated carbocycles.